The molecule has 7 aromatic carbocycles. The van der Waals surface area contributed by atoms with Gasteiger partial charge in [-0.05, 0) is 122 Å². The first kappa shape index (κ1) is 30.7. The number of nitrogens with zero attached hydrogens (tertiary/aromatic N) is 1. The molecule has 0 bridgehead atoms. The van der Waals surface area contributed by atoms with Gasteiger partial charge in [-0.2, -0.15) is 0 Å². The number of fused-ring (bicyclic) bond motifs is 7. The van der Waals surface area contributed by atoms with E-state index in [1.165, 1.54) is 72.1 Å². The van der Waals surface area contributed by atoms with E-state index in [1.54, 1.807) is 0 Å². The molecule has 2 heteroatoms. The number of anilines is 3. The minimum absolute atomic E-state index is 0.0363. The fourth-order valence-corrected chi connectivity index (χ4v) is 8.75. The lowest BCUT2D eigenvalue weighted by atomic mass is 9.80. The highest BCUT2D eigenvalue weighted by atomic mass is 16.5. The summed E-state index contributed by atoms with van der Waals surface area (Å²) in [6.45, 7) is 5.35. The Labute approximate surface area is 306 Å². The van der Waals surface area contributed by atoms with Gasteiger partial charge in [0.1, 0.15) is 12.4 Å². The van der Waals surface area contributed by atoms with Crippen LogP contribution in [0.1, 0.15) is 43.4 Å². The van der Waals surface area contributed by atoms with Gasteiger partial charge in [0.05, 0.1) is 0 Å². The molecule has 0 fully saturated rings. The average molecular weight is 670 g/mol. The largest absolute Gasteiger partial charge is 0.488 e. The van der Waals surface area contributed by atoms with Crippen molar-refractivity contribution < 1.29 is 4.74 Å². The molecule has 2 nitrogen and oxygen atoms in total. The van der Waals surface area contributed by atoms with Gasteiger partial charge in [-0.15, -0.1) is 0 Å². The highest BCUT2D eigenvalue weighted by molar-refractivity contribution is 5.94. The smallest absolute Gasteiger partial charge is 0.127 e. The third-order valence-electron chi connectivity index (χ3n) is 11.5. The number of rotatable bonds is 5. The Hall–Kier alpha value is -6.12. The van der Waals surface area contributed by atoms with Crippen LogP contribution < -0.4 is 9.64 Å². The van der Waals surface area contributed by atoms with E-state index in [2.05, 4.69) is 183 Å². The van der Waals surface area contributed by atoms with Crippen LogP contribution in [-0.2, 0) is 12.0 Å². The van der Waals surface area contributed by atoms with Crippen LogP contribution in [0.4, 0.5) is 17.1 Å². The Balaban J connectivity index is 1.04. The van der Waals surface area contributed by atoms with Crippen LogP contribution in [0, 0.1) is 0 Å². The van der Waals surface area contributed by atoms with Crippen molar-refractivity contribution in [2.45, 2.75) is 38.7 Å². The third kappa shape index (κ3) is 4.93. The van der Waals surface area contributed by atoms with Gasteiger partial charge in [-0.3, -0.25) is 0 Å². The quantitative estimate of drug-likeness (QED) is 0.181. The second kappa shape index (κ2) is 12.0. The third-order valence-corrected chi connectivity index (χ3v) is 11.5. The summed E-state index contributed by atoms with van der Waals surface area (Å²) in [7, 11) is 0. The molecule has 52 heavy (non-hydrogen) atoms. The standard InChI is InChI=1S/C50H39NO/c1-50(2)47-15-9-8-14-43(47)44-28-26-40(31-48(44)50)51(38-22-16-34(17-23-38)33-10-4-3-5-11-33)39-24-18-35(19-25-39)37-21-29-49-45(30-37)42-27-20-36-12-6-7-13-41(36)46(42)32-52-49/h3-7,9-13,15-31H,8,14,32H2,1-2H3. The molecule has 0 saturated carbocycles. The number of hydrogen-bond donors (Lipinski definition) is 0. The zero-order chi connectivity index (χ0) is 34.8. The zero-order valence-electron chi connectivity index (χ0n) is 29.6. The summed E-state index contributed by atoms with van der Waals surface area (Å²) in [5.41, 5.74) is 17.7. The van der Waals surface area contributed by atoms with Crippen LogP contribution in [0.25, 0.3) is 49.7 Å². The summed E-state index contributed by atoms with van der Waals surface area (Å²) in [4.78, 5) is 2.41. The number of hydrogen-bond acceptors (Lipinski definition) is 2. The molecule has 0 unspecified atom stereocenters. The van der Waals surface area contributed by atoms with Crippen molar-refractivity contribution >= 4 is 33.4 Å². The number of ether oxygens (including phenoxy) is 1. The molecule has 1 aliphatic heterocycles. The summed E-state index contributed by atoms with van der Waals surface area (Å²) >= 11 is 0. The van der Waals surface area contributed by atoms with E-state index in [9.17, 15) is 0 Å². The van der Waals surface area contributed by atoms with Crippen LogP contribution in [0.2, 0.25) is 0 Å². The molecule has 2 aliphatic carbocycles. The number of benzene rings is 7. The molecule has 10 rings (SSSR count). The summed E-state index contributed by atoms with van der Waals surface area (Å²) in [5.74, 6) is 0.944. The van der Waals surface area contributed by atoms with Crippen molar-refractivity contribution in [2.24, 2.45) is 0 Å². The van der Waals surface area contributed by atoms with E-state index in [0.29, 0.717) is 6.61 Å². The van der Waals surface area contributed by atoms with Crippen molar-refractivity contribution in [3.63, 3.8) is 0 Å². The molecule has 0 atom stereocenters. The molecule has 0 saturated heterocycles. The number of allylic oxidation sites excluding steroid dienone is 4. The Morgan fingerprint density at radius 1 is 0.558 bits per heavy atom. The van der Waals surface area contributed by atoms with Crippen LogP contribution in [0.15, 0.2) is 169 Å². The molecule has 0 spiro atoms. The van der Waals surface area contributed by atoms with E-state index < -0.39 is 0 Å². The van der Waals surface area contributed by atoms with Crippen molar-refractivity contribution in [1.29, 1.82) is 0 Å². The minimum Gasteiger partial charge on any atom is -0.488 e. The molecule has 0 amide bonds. The van der Waals surface area contributed by atoms with Gasteiger partial charge in [0.25, 0.3) is 0 Å². The first-order chi connectivity index (χ1) is 25.5. The summed E-state index contributed by atoms with van der Waals surface area (Å²) in [5, 5.41) is 2.51. The minimum atomic E-state index is -0.0363. The molecule has 250 valence electrons. The first-order valence-corrected chi connectivity index (χ1v) is 18.4. The van der Waals surface area contributed by atoms with Gasteiger partial charge < -0.3 is 9.64 Å². The molecule has 0 N–H and O–H groups in total. The van der Waals surface area contributed by atoms with Crippen LogP contribution in [0.3, 0.4) is 0 Å². The lowest BCUT2D eigenvalue weighted by Gasteiger charge is -2.29. The highest BCUT2D eigenvalue weighted by Gasteiger charge is 2.37. The average Bonchev–Trinajstić information content (AvgIpc) is 3.44. The lowest BCUT2D eigenvalue weighted by molar-refractivity contribution is 0.304. The first-order valence-electron chi connectivity index (χ1n) is 18.4. The Morgan fingerprint density at radius 2 is 1.21 bits per heavy atom. The second-order valence-electron chi connectivity index (χ2n) is 14.8. The van der Waals surface area contributed by atoms with Crippen molar-refractivity contribution in [1.82, 2.24) is 0 Å². The van der Waals surface area contributed by atoms with Crippen molar-refractivity contribution in [3.05, 3.63) is 186 Å². The van der Waals surface area contributed by atoms with Crippen LogP contribution >= 0.6 is 0 Å². The topological polar surface area (TPSA) is 12.5 Å². The summed E-state index contributed by atoms with van der Waals surface area (Å²) in [6, 6.07) is 55.5. The van der Waals surface area contributed by atoms with E-state index in [1.807, 2.05) is 0 Å². The van der Waals surface area contributed by atoms with Gasteiger partial charge in [0.2, 0.25) is 0 Å². The molecule has 7 aromatic rings. The van der Waals surface area contributed by atoms with Crippen molar-refractivity contribution in [3.8, 4) is 39.1 Å². The van der Waals surface area contributed by atoms with Gasteiger partial charge in [-0.1, -0.05) is 129 Å². The maximum absolute atomic E-state index is 6.30. The predicted octanol–water partition coefficient (Wildman–Crippen LogP) is 13.6. The van der Waals surface area contributed by atoms with Crippen LogP contribution in [0.5, 0.6) is 5.75 Å². The Kier molecular flexibility index (Phi) is 7.08. The predicted molar refractivity (Wildman–Crippen MR) is 218 cm³/mol. The van der Waals surface area contributed by atoms with E-state index >= 15 is 0 Å². The van der Waals surface area contributed by atoms with E-state index in [0.717, 1.165) is 35.5 Å². The fraction of sp³-hybridized carbons (Fsp3) is 0.120. The van der Waals surface area contributed by atoms with Gasteiger partial charge >= 0.3 is 0 Å². The van der Waals surface area contributed by atoms with Gasteiger partial charge in [-0.25, -0.2) is 0 Å². The summed E-state index contributed by atoms with van der Waals surface area (Å²) < 4.78 is 6.30. The molecular weight excluding hydrogens is 631 g/mol. The lowest BCUT2D eigenvalue weighted by Crippen LogP contribution is -2.18. The van der Waals surface area contributed by atoms with Gasteiger partial charge in [0.15, 0.2) is 0 Å². The Morgan fingerprint density at radius 3 is 2.00 bits per heavy atom. The molecule has 0 radical (unpaired) electrons. The maximum Gasteiger partial charge on any atom is 0.127 e. The van der Waals surface area contributed by atoms with Gasteiger partial charge in [0, 0.05) is 33.6 Å². The molecule has 1 heterocycles. The molecule has 0 aromatic heterocycles. The normalized spacial score (nSPS) is 15.0. The molecule has 3 aliphatic rings. The summed E-state index contributed by atoms with van der Waals surface area (Å²) in [6.07, 6.45) is 6.94. The van der Waals surface area contributed by atoms with Crippen molar-refractivity contribution in [2.75, 3.05) is 4.90 Å². The highest BCUT2D eigenvalue weighted by Crippen LogP contribution is 2.52. The zero-order valence-corrected chi connectivity index (χ0v) is 29.6. The van der Waals surface area contributed by atoms with E-state index in [4.69, 9.17) is 4.74 Å². The SMILES string of the molecule is CC1(C)C2=C(CCC=C2)c2ccc(N(c3ccc(-c4ccccc4)cc3)c3ccc(-c4ccc5c(c4)-c4ccc6ccccc6c4CO5)cc3)cc21. The maximum atomic E-state index is 6.30. The second-order valence-corrected chi connectivity index (χ2v) is 14.8. The monoisotopic (exact) mass is 669 g/mol. The van der Waals surface area contributed by atoms with E-state index in [-0.39, 0.29) is 5.41 Å². The Bertz CT molecular complexity index is 2570. The molecular formula is C50H39NO. The van der Waals surface area contributed by atoms with Crippen LogP contribution in [-0.4, -0.2) is 0 Å². The fourth-order valence-electron chi connectivity index (χ4n) is 8.75.